The largest absolute Gasteiger partial charge is 0.466 e. The first-order valence-corrected chi connectivity index (χ1v) is 11.7. The van der Waals surface area contributed by atoms with Crippen molar-refractivity contribution in [2.45, 2.75) is 32.7 Å². The number of esters is 2. The van der Waals surface area contributed by atoms with Gasteiger partial charge in [0, 0.05) is 34.5 Å². The normalized spacial score (nSPS) is 16.2. The van der Waals surface area contributed by atoms with E-state index in [0.717, 1.165) is 11.3 Å². The summed E-state index contributed by atoms with van der Waals surface area (Å²) in [5, 5.41) is 18.8. The fourth-order valence-corrected chi connectivity index (χ4v) is 4.54. The lowest BCUT2D eigenvalue weighted by molar-refractivity contribution is -0.384. The number of allylic oxidation sites excluding steroid dienone is 2. The van der Waals surface area contributed by atoms with E-state index in [1.54, 1.807) is 26.8 Å². The topological polar surface area (TPSA) is 176 Å². The quantitative estimate of drug-likeness (QED) is 0.269. The molecule has 0 radical (unpaired) electrons. The molecule has 2 unspecified atom stereocenters. The van der Waals surface area contributed by atoms with Crippen molar-refractivity contribution in [1.29, 1.82) is 0 Å². The number of aromatic nitrogens is 1. The van der Waals surface area contributed by atoms with Crippen LogP contribution in [0.5, 0.6) is 0 Å². The molecule has 1 aliphatic rings. The number of nitrogens with one attached hydrogen (secondary N) is 2. The first-order valence-electron chi connectivity index (χ1n) is 10.8. The number of nitrogens with two attached hydrogens (primary N) is 1. The van der Waals surface area contributed by atoms with Gasteiger partial charge in [0.1, 0.15) is 0 Å². The molecule has 190 valence electrons. The van der Waals surface area contributed by atoms with Crippen LogP contribution in [0.15, 0.2) is 52.2 Å². The van der Waals surface area contributed by atoms with E-state index in [1.165, 1.54) is 30.7 Å². The van der Waals surface area contributed by atoms with Crippen molar-refractivity contribution in [2.75, 3.05) is 19.5 Å². The minimum Gasteiger partial charge on any atom is -0.466 e. The van der Waals surface area contributed by atoms with Crippen molar-refractivity contribution in [3.05, 3.63) is 73.6 Å². The van der Waals surface area contributed by atoms with E-state index < -0.39 is 34.7 Å². The number of nitro benzene ring substituents is 1. The maximum atomic E-state index is 13.7. The minimum absolute atomic E-state index is 0.0683. The first kappa shape index (κ1) is 26.3. The predicted octanol–water partition coefficient (Wildman–Crippen LogP) is 2.46. The molecule has 0 saturated carbocycles. The van der Waals surface area contributed by atoms with Crippen LogP contribution >= 0.6 is 11.3 Å². The molecule has 1 aromatic heterocycles. The summed E-state index contributed by atoms with van der Waals surface area (Å²) in [5.41, 5.74) is 6.98. The zero-order valence-electron chi connectivity index (χ0n) is 20.0. The van der Waals surface area contributed by atoms with E-state index in [1.807, 2.05) is 0 Å². The van der Waals surface area contributed by atoms with Crippen molar-refractivity contribution in [3.63, 3.8) is 0 Å². The van der Waals surface area contributed by atoms with E-state index in [2.05, 4.69) is 15.6 Å². The van der Waals surface area contributed by atoms with Crippen LogP contribution in [0.2, 0.25) is 0 Å². The molecule has 0 fully saturated rings. The summed E-state index contributed by atoms with van der Waals surface area (Å²) in [6.45, 7) is 4.95. The summed E-state index contributed by atoms with van der Waals surface area (Å²) >= 11 is 1.09. The summed E-state index contributed by atoms with van der Waals surface area (Å²) in [4.78, 5) is 54.1. The van der Waals surface area contributed by atoms with Crippen molar-refractivity contribution in [2.24, 2.45) is 0 Å². The van der Waals surface area contributed by atoms with Crippen LogP contribution in [0.4, 0.5) is 10.8 Å². The number of amides is 1. The van der Waals surface area contributed by atoms with Gasteiger partial charge in [-0.25, -0.2) is 14.6 Å². The third-order valence-electron chi connectivity index (χ3n) is 5.46. The van der Waals surface area contributed by atoms with Crippen LogP contribution in [0.1, 0.15) is 44.0 Å². The number of ether oxygens (including phenoxy) is 2. The van der Waals surface area contributed by atoms with E-state index in [9.17, 15) is 24.5 Å². The van der Waals surface area contributed by atoms with Gasteiger partial charge in [0.15, 0.2) is 11.2 Å². The number of non-ortho nitro benzene ring substituents is 1. The van der Waals surface area contributed by atoms with Crippen molar-refractivity contribution in [3.8, 4) is 0 Å². The standard InChI is InChI=1S/C23H25N5O7S/c1-5-35-22(31)19(15-10-36-23(24)26-15)27-20(29)16-11(2)25-12(3)17(21(30)34-4)18(16)13-7-6-8-14(9-13)28(32)33/h6-10,18-19,25H,5H2,1-4H3,(H2,24,26)(H,27,29). The van der Waals surface area contributed by atoms with Crippen molar-refractivity contribution >= 4 is 40.0 Å². The SMILES string of the molecule is CCOC(=O)C(NC(=O)C1=C(C)NC(C)=C(C(=O)OC)C1c1cccc([N+](=O)[O-])c1)c1csc(N)n1. The zero-order chi connectivity index (χ0) is 26.6. The van der Waals surface area contributed by atoms with Crippen LogP contribution < -0.4 is 16.4 Å². The van der Waals surface area contributed by atoms with Gasteiger partial charge in [-0.15, -0.1) is 11.3 Å². The van der Waals surface area contributed by atoms with Crippen molar-refractivity contribution < 1.29 is 28.8 Å². The van der Waals surface area contributed by atoms with Gasteiger partial charge >= 0.3 is 11.9 Å². The summed E-state index contributed by atoms with van der Waals surface area (Å²) in [6.07, 6.45) is 0. The number of benzene rings is 1. The fourth-order valence-electron chi connectivity index (χ4n) is 3.95. The third kappa shape index (κ3) is 5.35. The first-order chi connectivity index (χ1) is 17.1. The molecule has 4 N–H and O–H groups in total. The van der Waals surface area contributed by atoms with Crippen LogP contribution in [0, 0.1) is 10.1 Å². The number of nitrogen functional groups attached to an aromatic ring is 1. The molecule has 1 aromatic carbocycles. The molecule has 0 saturated heterocycles. The Labute approximate surface area is 210 Å². The summed E-state index contributed by atoms with van der Waals surface area (Å²) in [6, 6.07) is 4.36. The van der Waals surface area contributed by atoms with Crippen molar-refractivity contribution in [1.82, 2.24) is 15.6 Å². The van der Waals surface area contributed by atoms with Gasteiger partial charge in [0.05, 0.1) is 35.8 Å². The third-order valence-corrected chi connectivity index (χ3v) is 6.15. The number of nitro groups is 1. The summed E-state index contributed by atoms with van der Waals surface area (Å²) in [5.74, 6) is -3.20. The molecule has 1 aliphatic heterocycles. The number of rotatable bonds is 8. The molecule has 0 bridgehead atoms. The van der Waals surface area contributed by atoms with Crippen LogP contribution in [-0.2, 0) is 23.9 Å². The highest BCUT2D eigenvalue weighted by Crippen LogP contribution is 2.40. The molecule has 2 heterocycles. The van der Waals surface area contributed by atoms with Gasteiger partial charge in [-0.1, -0.05) is 12.1 Å². The van der Waals surface area contributed by atoms with Crippen LogP contribution in [-0.4, -0.2) is 41.5 Å². The summed E-state index contributed by atoms with van der Waals surface area (Å²) in [7, 11) is 1.20. The van der Waals surface area contributed by atoms with Gasteiger partial charge in [-0.2, -0.15) is 0 Å². The Morgan fingerprint density at radius 3 is 2.56 bits per heavy atom. The lowest BCUT2D eigenvalue weighted by Crippen LogP contribution is -2.40. The highest BCUT2D eigenvalue weighted by molar-refractivity contribution is 7.13. The molecule has 36 heavy (non-hydrogen) atoms. The molecule has 2 atom stereocenters. The van der Waals surface area contributed by atoms with Gasteiger partial charge < -0.3 is 25.8 Å². The number of dihydropyridines is 1. The fraction of sp³-hybridized carbons (Fsp3) is 0.304. The second kappa shape index (κ2) is 11.0. The maximum absolute atomic E-state index is 13.7. The molecular formula is C23H25N5O7S. The van der Waals surface area contributed by atoms with Crippen LogP contribution in [0.25, 0.3) is 0 Å². The number of hydrogen-bond donors (Lipinski definition) is 3. The maximum Gasteiger partial charge on any atom is 0.336 e. The van der Waals surface area contributed by atoms with Gasteiger partial charge in [0.25, 0.3) is 11.6 Å². The monoisotopic (exact) mass is 515 g/mol. The number of hydrogen-bond acceptors (Lipinski definition) is 11. The average Bonchev–Trinajstić information content (AvgIpc) is 3.27. The zero-order valence-corrected chi connectivity index (χ0v) is 20.8. The Balaban J connectivity index is 2.12. The lowest BCUT2D eigenvalue weighted by atomic mass is 9.79. The number of methoxy groups -OCH3 is 1. The molecule has 3 rings (SSSR count). The number of carbonyl (C=O) groups is 3. The Hall–Kier alpha value is -4.26. The predicted molar refractivity (Wildman–Crippen MR) is 130 cm³/mol. The minimum atomic E-state index is -1.27. The molecule has 13 heteroatoms. The average molecular weight is 516 g/mol. The second-order valence-corrected chi connectivity index (χ2v) is 8.64. The molecule has 12 nitrogen and oxygen atoms in total. The van der Waals surface area contributed by atoms with Gasteiger partial charge in [-0.05, 0) is 26.3 Å². The van der Waals surface area contributed by atoms with Gasteiger partial charge in [0.2, 0.25) is 0 Å². The molecule has 2 aromatic rings. The molecular weight excluding hydrogens is 490 g/mol. The highest BCUT2D eigenvalue weighted by atomic mass is 32.1. The van der Waals surface area contributed by atoms with E-state index in [-0.39, 0.29) is 34.3 Å². The Morgan fingerprint density at radius 1 is 1.28 bits per heavy atom. The number of carbonyl (C=O) groups excluding carboxylic acids is 3. The highest BCUT2D eigenvalue weighted by Gasteiger charge is 2.39. The number of anilines is 1. The van der Waals surface area contributed by atoms with Crippen LogP contribution in [0.3, 0.4) is 0 Å². The van der Waals surface area contributed by atoms with E-state index >= 15 is 0 Å². The number of nitrogens with zero attached hydrogens (tertiary/aromatic N) is 2. The molecule has 0 aliphatic carbocycles. The molecule has 0 spiro atoms. The Bertz CT molecular complexity index is 1280. The smallest absolute Gasteiger partial charge is 0.336 e. The summed E-state index contributed by atoms with van der Waals surface area (Å²) < 4.78 is 10.1. The Morgan fingerprint density at radius 2 is 1.97 bits per heavy atom. The molecule has 1 amide bonds. The van der Waals surface area contributed by atoms with E-state index in [0.29, 0.717) is 17.0 Å². The Kier molecular flexibility index (Phi) is 8.04. The second-order valence-electron chi connectivity index (χ2n) is 7.75. The number of thiazole rings is 1. The lowest BCUT2D eigenvalue weighted by Gasteiger charge is -2.31. The van der Waals surface area contributed by atoms with E-state index in [4.69, 9.17) is 15.2 Å². The van der Waals surface area contributed by atoms with Gasteiger partial charge in [-0.3, -0.25) is 14.9 Å².